The predicted octanol–water partition coefficient (Wildman–Crippen LogP) is 6.15. The van der Waals surface area contributed by atoms with E-state index < -0.39 is 12.1 Å². The fourth-order valence-corrected chi connectivity index (χ4v) is 3.08. The molecule has 2 rings (SSSR count). The zero-order chi connectivity index (χ0) is 21.8. The zero-order valence-electron chi connectivity index (χ0n) is 17.8. The molecule has 2 aromatic rings. The van der Waals surface area contributed by atoms with Crippen molar-refractivity contribution in [1.82, 2.24) is 0 Å². The summed E-state index contributed by atoms with van der Waals surface area (Å²) in [6.45, 7) is 12.3. The van der Waals surface area contributed by atoms with Crippen LogP contribution in [-0.2, 0) is 10.2 Å². The van der Waals surface area contributed by atoms with E-state index in [9.17, 15) is 9.59 Å². The third-order valence-electron chi connectivity index (χ3n) is 4.47. The molecule has 29 heavy (non-hydrogen) atoms. The van der Waals surface area contributed by atoms with Gasteiger partial charge in [0.1, 0.15) is 0 Å². The molecule has 0 radical (unpaired) electrons. The summed E-state index contributed by atoms with van der Waals surface area (Å²) in [6, 6.07) is 10.4. The Morgan fingerprint density at radius 3 is 2.34 bits per heavy atom. The molecule has 0 saturated heterocycles. The number of carbonyl (C=O) groups is 2. The number of esters is 1. The summed E-state index contributed by atoms with van der Waals surface area (Å²) >= 11 is 6.00. The van der Waals surface area contributed by atoms with Gasteiger partial charge in [-0.25, -0.2) is 9.59 Å². The normalized spacial score (nSPS) is 11.1. The van der Waals surface area contributed by atoms with E-state index in [1.165, 1.54) is 4.90 Å². The molecule has 0 aliphatic rings. The van der Waals surface area contributed by atoms with Crippen molar-refractivity contribution >= 4 is 29.4 Å². The van der Waals surface area contributed by atoms with Crippen LogP contribution < -0.4 is 9.64 Å². The molecule has 0 aliphatic heterocycles. The molecule has 0 N–H and O–H groups in total. The van der Waals surface area contributed by atoms with Gasteiger partial charge in [0.25, 0.3) is 0 Å². The first-order chi connectivity index (χ1) is 13.6. The lowest BCUT2D eigenvalue weighted by Crippen LogP contribution is -2.32. The number of halogens is 1. The maximum absolute atomic E-state index is 12.7. The quantitative estimate of drug-likeness (QED) is 0.432. The van der Waals surface area contributed by atoms with E-state index in [0.29, 0.717) is 28.6 Å². The number of anilines is 1. The molecule has 1 amide bonds. The van der Waals surface area contributed by atoms with Crippen molar-refractivity contribution in [2.75, 3.05) is 18.1 Å². The molecule has 0 saturated carbocycles. The average Bonchev–Trinajstić information content (AvgIpc) is 2.64. The minimum atomic E-state index is -0.541. The average molecular weight is 418 g/mol. The van der Waals surface area contributed by atoms with E-state index in [4.69, 9.17) is 21.1 Å². The number of aryl methyl sites for hydroxylation is 1. The van der Waals surface area contributed by atoms with Gasteiger partial charge in [-0.2, -0.15) is 0 Å². The molecule has 5 nitrogen and oxygen atoms in total. The summed E-state index contributed by atoms with van der Waals surface area (Å²) < 4.78 is 11.0. The van der Waals surface area contributed by atoms with E-state index in [0.717, 1.165) is 11.1 Å². The highest BCUT2D eigenvalue weighted by Gasteiger charge is 2.26. The molecule has 2 aromatic carbocycles. The second kappa shape index (κ2) is 9.31. The number of ether oxygens (including phenoxy) is 2. The second-order valence-corrected chi connectivity index (χ2v) is 8.17. The summed E-state index contributed by atoms with van der Waals surface area (Å²) in [5.74, 6) is -0.210. The molecule has 0 spiro atoms. The molecule has 0 bridgehead atoms. The maximum atomic E-state index is 12.7. The van der Waals surface area contributed by atoms with Gasteiger partial charge >= 0.3 is 12.1 Å². The van der Waals surface area contributed by atoms with Crippen molar-refractivity contribution in [3.05, 3.63) is 58.1 Å². The molecule has 156 valence electrons. The largest absolute Gasteiger partial charge is 0.449 e. The Morgan fingerprint density at radius 1 is 1.10 bits per heavy atom. The second-order valence-electron chi connectivity index (χ2n) is 7.73. The van der Waals surface area contributed by atoms with Gasteiger partial charge in [0.2, 0.25) is 0 Å². The van der Waals surface area contributed by atoms with Crippen LogP contribution in [0.25, 0.3) is 0 Å². The van der Waals surface area contributed by atoms with Crippen molar-refractivity contribution in [2.45, 2.75) is 47.0 Å². The van der Waals surface area contributed by atoms with Crippen molar-refractivity contribution < 1.29 is 19.1 Å². The van der Waals surface area contributed by atoms with Crippen LogP contribution in [0.2, 0.25) is 5.02 Å². The van der Waals surface area contributed by atoms with E-state index in [-0.39, 0.29) is 12.0 Å². The predicted molar refractivity (Wildman–Crippen MR) is 116 cm³/mol. The fourth-order valence-electron chi connectivity index (χ4n) is 2.89. The number of hydrogen-bond donors (Lipinski definition) is 0. The molecule has 0 atom stereocenters. The number of benzene rings is 2. The Labute approximate surface area is 177 Å². The van der Waals surface area contributed by atoms with Crippen LogP contribution >= 0.6 is 11.6 Å². The van der Waals surface area contributed by atoms with E-state index >= 15 is 0 Å². The topological polar surface area (TPSA) is 55.8 Å². The number of hydrogen-bond acceptors (Lipinski definition) is 4. The Hall–Kier alpha value is -2.53. The highest BCUT2D eigenvalue weighted by atomic mass is 35.5. The van der Waals surface area contributed by atoms with Crippen LogP contribution in [-0.4, -0.2) is 25.2 Å². The van der Waals surface area contributed by atoms with E-state index in [1.807, 2.05) is 26.0 Å². The number of nitrogens with zero attached hydrogens (tertiary/aromatic N) is 1. The standard InChI is InChI=1S/C23H28ClNO4/c1-7-25(22(27)28-8-2)19-14-17(23(4,5)6)12-15(3)20(19)29-21(26)16-10-9-11-18(24)13-16/h9-14H,7-8H2,1-6H3. The Kier molecular flexibility index (Phi) is 7.31. The molecule has 0 unspecified atom stereocenters. The molecular formula is C23H28ClNO4. The van der Waals surface area contributed by atoms with E-state index in [2.05, 4.69) is 20.8 Å². The minimum absolute atomic E-state index is 0.150. The molecule has 0 fully saturated rings. The van der Waals surface area contributed by atoms with Crippen LogP contribution in [0.1, 0.15) is 56.1 Å². The molecule has 0 heterocycles. The van der Waals surface area contributed by atoms with E-state index in [1.54, 1.807) is 31.2 Å². The third kappa shape index (κ3) is 5.51. The van der Waals surface area contributed by atoms with Gasteiger partial charge in [-0.3, -0.25) is 4.90 Å². The Balaban J connectivity index is 2.57. The highest BCUT2D eigenvalue weighted by molar-refractivity contribution is 6.30. The van der Waals surface area contributed by atoms with Crippen LogP contribution in [0.4, 0.5) is 10.5 Å². The van der Waals surface area contributed by atoms with Gasteiger partial charge in [0.05, 0.1) is 17.9 Å². The third-order valence-corrected chi connectivity index (χ3v) is 4.71. The number of rotatable bonds is 5. The smallest absolute Gasteiger partial charge is 0.414 e. The first-order valence-electron chi connectivity index (χ1n) is 9.65. The Bertz CT molecular complexity index is 902. The molecule has 6 heteroatoms. The van der Waals surface area contributed by atoms with Crippen molar-refractivity contribution in [3.8, 4) is 5.75 Å². The SMILES string of the molecule is CCOC(=O)N(CC)c1cc(C(C)(C)C)cc(C)c1OC(=O)c1cccc(Cl)c1. The van der Waals surface area contributed by atoms with Gasteiger partial charge in [0, 0.05) is 11.6 Å². The van der Waals surface area contributed by atoms with Gasteiger partial charge in [-0.05, 0) is 61.6 Å². The summed E-state index contributed by atoms with van der Waals surface area (Å²) in [7, 11) is 0. The molecular weight excluding hydrogens is 390 g/mol. The number of carbonyl (C=O) groups excluding carboxylic acids is 2. The molecule has 0 aliphatic carbocycles. The van der Waals surface area contributed by atoms with Gasteiger partial charge in [-0.15, -0.1) is 0 Å². The van der Waals surface area contributed by atoms with Crippen molar-refractivity contribution in [3.63, 3.8) is 0 Å². The maximum Gasteiger partial charge on any atom is 0.414 e. The summed E-state index contributed by atoms with van der Waals surface area (Å²) in [4.78, 5) is 26.8. The lowest BCUT2D eigenvalue weighted by molar-refractivity contribution is 0.0733. The molecule has 0 aromatic heterocycles. The highest BCUT2D eigenvalue weighted by Crippen LogP contribution is 2.38. The van der Waals surface area contributed by atoms with Gasteiger partial charge in [-0.1, -0.05) is 44.5 Å². The zero-order valence-corrected chi connectivity index (χ0v) is 18.6. The lowest BCUT2D eigenvalue weighted by atomic mass is 9.85. The minimum Gasteiger partial charge on any atom is -0.449 e. The van der Waals surface area contributed by atoms with Gasteiger partial charge in [0.15, 0.2) is 5.75 Å². The first-order valence-corrected chi connectivity index (χ1v) is 10.0. The monoisotopic (exact) mass is 417 g/mol. The first kappa shape index (κ1) is 22.8. The van der Waals surface area contributed by atoms with Crippen LogP contribution in [0.5, 0.6) is 5.75 Å². The van der Waals surface area contributed by atoms with Crippen LogP contribution in [0.15, 0.2) is 36.4 Å². The summed E-state index contributed by atoms with van der Waals surface area (Å²) in [6.07, 6.45) is -0.486. The Morgan fingerprint density at radius 2 is 1.79 bits per heavy atom. The van der Waals surface area contributed by atoms with Crippen molar-refractivity contribution in [1.29, 1.82) is 0 Å². The van der Waals surface area contributed by atoms with Crippen LogP contribution in [0, 0.1) is 6.92 Å². The van der Waals surface area contributed by atoms with Crippen molar-refractivity contribution in [2.24, 2.45) is 0 Å². The summed E-state index contributed by atoms with van der Waals surface area (Å²) in [5.41, 5.74) is 2.47. The summed E-state index contributed by atoms with van der Waals surface area (Å²) in [5, 5.41) is 0.446. The van der Waals surface area contributed by atoms with Crippen LogP contribution in [0.3, 0.4) is 0 Å². The van der Waals surface area contributed by atoms with Gasteiger partial charge < -0.3 is 9.47 Å². The number of amides is 1. The lowest BCUT2D eigenvalue weighted by Gasteiger charge is -2.27. The fraction of sp³-hybridized carbons (Fsp3) is 0.391.